The van der Waals surface area contributed by atoms with Crippen molar-refractivity contribution in [2.75, 3.05) is 23.7 Å². The summed E-state index contributed by atoms with van der Waals surface area (Å²) in [7, 11) is 0. The predicted molar refractivity (Wildman–Crippen MR) is 55.9 cm³/mol. The Morgan fingerprint density at radius 3 is 2.42 bits per heavy atom. The third kappa shape index (κ3) is 1.29. The first-order valence-corrected chi connectivity index (χ1v) is 4.84. The molecule has 0 saturated carbocycles. The van der Waals surface area contributed by atoms with Gasteiger partial charge in [-0.25, -0.2) is 0 Å². The van der Waals surface area contributed by atoms with Gasteiger partial charge in [0.15, 0.2) is 0 Å². The molecule has 0 unspecified atom stereocenters. The smallest absolute Gasteiger partial charge is 0.0588 e. The molecule has 1 aromatic rings. The van der Waals surface area contributed by atoms with Gasteiger partial charge in [0, 0.05) is 17.6 Å². The molecule has 1 aliphatic rings. The summed E-state index contributed by atoms with van der Waals surface area (Å²) < 4.78 is 1.16. The molecule has 2 nitrogen and oxygen atoms in total. The van der Waals surface area contributed by atoms with E-state index in [1.54, 1.807) is 0 Å². The highest BCUT2D eigenvalue weighted by atomic mass is 79.9. The molecule has 1 heterocycles. The Labute approximate surface area is 80.5 Å². The second-order valence-electron chi connectivity index (χ2n) is 3.00. The van der Waals surface area contributed by atoms with Gasteiger partial charge in [-0.15, -0.1) is 0 Å². The third-order valence-corrected chi connectivity index (χ3v) is 2.91. The molecule has 0 saturated heterocycles. The van der Waals surface area contributed by atoms with Crippen molar-refractivity contribution in [3.05, 3.63) is 22.2 Å². The van der Waals surface area contributed by atoms with Crippen LogP contribution in [0, 0.1) is 6.92 Å². The fourth-order valence-corrected chi connectivity index (χ4v) is 1.71. The van der Waals surface area contributed by atoms with E-state index in [0.29, 0.717) is 0 Å². The molecule has 1 aliphatic heterocycles. The molecule has 64 valence electrons. The maximum atomic E-state index is 3.51. The summed E-state index contributed by atoms with van der Waals surface area (Å²) in [6.07, 6.45) is 0. The molecule has 2 rings (SSSR count). The molecule has 2 N–H and O–H groups in total. The van der Waals surface area contributed by atoms with Crippen molar-refractivity contribution in [2.45, 2.75) is 6.92 Å². The van der Waals surface area contributed by atoms with Crippen molar-refractivity contribution >= 4 is 27.3 Å². The number of hydrogen-bond donors (Lipinski definition) is 2. The summed E-state index contributed by atoms with van der Waals surface area (Å²) in [5.41, 5.74) is 3.67. The molecule has 0 atom stereocenters. The van der Waals surface area contributed by atoms with Crippen LogP contribution in [0.3, 0.4) is 0 Å². The van der Waals surface area contributed by atoms with Gasteiger partial charge in [0.05, 0.1) is 11.4 Å². The highest BCUT2D eigenvalue weighted by Gasteiger charge is 2.08. The van der Waals surface area contributed by atoms with E-state index in [9.17, 15) is 0 Å². The summed E-state index contributed by atoms with van der Waals surface area (Å²) >= 11 is 3.51. The maximum Gasteiger partial charge on any atom is 0.0588 e. The molecule has 0 amide bonds. The Balaban J connectivity index is 2.49. The molecular formula is C9H11BrN2. The Morgan fingerprint density at radius 1 is 1.17 bits per heavy atom. The summed E-state index contributed by atoms with van der Waals surface area (Å²) in [5, 5.41) is 6.69. The van der Waals surface area contributed by atoms with E-state index in [4.69, 9.17) is 0 Å². The molecule has 0 fully saturated rings. The Hall–Kier alpha value is -0.700. The minimum Gasteiger partial charge on any atom is -0.382 e. The van der Waals surface area contributed by atoms with E-state index in [-0.39, 0.29) is 0 Å². The van der Waals surface area contributed by atoms with E-state index >= 15 is 0 Å². The second-order valence-corrected chi connectivity index (χ2v) is 3.85. The van der Waals surface area contributed by atoms with Crippen molar-refractivity contribution in [1.82, 2.24) is 0 Å². The van der Waals surface area contributed by atoms with E-state index < -0.39 is 0 Å². The van der Waals surface area contributed by atoms with E-state index in [2.05, 4.69) is 45.6 Å². The minimum atomic E-state index is 1.00. The summed E-state index contributed by atoms with van der Waals surface area (Å²) in [5.74, 6) is 0. The zero-order chi connectivity index (χ0) is 8.55. The number of aryl methyl sites for hydroxylation is 1. The second kappa shape index (κ2) is 2.98. The average Bonchev–Trinajstić information content (AvgIpc) is 2.07. The SMILES string of the molecule is Cc1cc2c(cc1Br)NCCN2. The van der Waals surface area contributed by atoms with Crippen LogP contribution < -0.4 is 10.6 Å². The number of anilines is 2. The highest BCUT2D eigenvalue weighted by molar-refractivity contribution is 9.10. The molecule has 12 heavy (non-hydrogen) atoms. The number of nitrogens with one attached hydrogen (secondary N) is 2. The van der Waals surface area contributed by atoms with Crippen LogP contribution in [0.2, 0.25) is 0 Å². The molecule has 0 radical (unpaired) electrons. The number of halogens is 1. The van der Waals surface area contributed by atoms with Gasteiger partial charge in [0.1, 0.15) is 0 Å². The molecule has 0 spiro atoms. The standard InChI is InChI=1S/C9H11BrN2/c1-6-4-8-9(5-7(6)10)12-3-2-11-8/h4-5,11-12H,2-3H2,1H3. The Bertz CT molecular complexity index is 279. The lowest BCUT2D eigenvalue weighted by Crippen LogP contribution is -2.20. The van der Waals surface area contributed by atoms with Gasteiger partial charge in [0.25, 0.3) is 0 Å². The number of benzene rings is 1. The lowest BCUT2D eigenvalue weighted by Gasteiger charge is -2.20. The van der Waals surface area contributed by atoms with Gasteiger partial charge in [-0.2, -0.15) is 0 Å². The van der Waals surface area contributed by atoms with Crippen molar-refractivity contribution in [2.24, 2.45) is 0 Å². The zero-order valence-electron chi connectivity index (χ0n) is 6.95. The normalized spacial score (nSPS) is 14.5. The predicted octanol–water partition coefficient (Wildman–Crippen LogP) is 2.59. The van der Waals surface area contributed by atoms with Crippen molar-refractivity contribution in [3.63, 3.8) is 0 Å². The molecule has 1 aromatic carbocycles. The first-order chi connectivity index (χ1) is 5.77. The minimum absolute atomic E-state index is 1.00. The van der Waals surface area contributed by atoms with Crippen LogP contribution >= 0.6 is 15.9 Å². The lowest BCUT2D eigenvalue weighted by atomic mass is 10.1. The van der Waals surface area contributed by atoms with E-state index in [1.807, 2.05) is 0 Å². The van der Waals surface area contributed by atoms with Crippen LogP contribution in [-0.2, 0) is 0 Å². The van der Waals surface area contributed by atoms with Crippen LogP contribution in [0.1, 0.15) is 5.56 Å². The molecule has 0 aliphatic carbocycles. The third-order valence-electron chi connectivity index (χ3n) is 2.05. The first kappa shape index (κ1) is 7.92. The average molecular weight is 227 g/mol. The summed E-state index contributed by atoms with van der Waals surface area (Å²) in [6.45, 7) is 4.11. The van der Waals surface area contributed by atoms with Gasteiger partial charge < -0.3 is 10.6 Å². The van der Waals surface area contributed by atoms with Gasteiger partial charge in [0.2, 0.25) is 0 Å². The fourth-order valence-electron chi connectivity index (χ4n) is 1.37. The lowest BCUT2D eigenvalue weighted by molar-refractivity contribution is 1.04. The largest absolute Gasteiger partial charge is 0.382 e. The first-order valence-electron chi connectivity index (χ1n) is 4.05. The summed E-state index contributed by atoms with van der Waals surface area (Å²) in [6, 6.07) is 4.28. The van der Waals surface area contributed by atoms with Crippen LogP contribution in [0.25, 0.3) is 0 Å². The molecule has 0 aromatic heterocycles. The van der Waals surface area contributed by atoms with Crippen LogP contribution in [0.5, 0.6) is 0 Å². The number of fused-ring (bicyclic) bond motifs is 1. The van der Waals surface area contributed by atoms with Gasteiger partial charge in [-0.1, -0.05) is 15.9 Å². The van der Waals surface area contributed by atoms with Gasteiger partial charge >= 0.3 is 0 Å². The summed E-state index contributed by atoms with van der Waals surface area (Å²) in [4.78, 5) is 0. The number of hydrogen-bond acceptors (Lipinski definition) is 2. The van der Waals surface area contributed by atoms with Crippen LogP contribution in [0.15, 0.2) is 16.6 Å². The maximum absolute atomic E-state index is 3.51. The van der Waals surface area contributed by atoms with Crippen molar-refractivity contribution < 1.29 is 0 Å². The van der Waals surface area contributed by atoms with E-state index in [0.717, 1.165) is 17.6 Å². The molecule has 0 bridgehead atoms. The zero-order valence-corrected chi connectivity index (χ0v) is 8.53. The quantitative estimate of drug-likeness (QED) is 0.711. The van der Waals surface area contributed by atoms with Crippen molar-refractivity contribution in [3.8, 4) is 0 Å². The van der Waals surface area contributed by atoms with Gasteiger partial charge in [-0.3, -0.25) is 0 Å². The van der Waals surface area contributed by atoms with E-state index in [1.165, 1.54) is 16.9 Å². The Morgan fingerprint density at radius 2 is 1.75 bits per heavy atom. The molecular weight excluding hydrogens is 216 g/mol. The Kier molecular flexibility index (Phi) is 1.97. The van der Waals surface area contributed by atoms with Crippen LogP contribution in [0.4, 0.5) is 11.4 Å². The number of rotatable bonds is 0. The van der Waals surface area contributed by atoms with Crippen LogP contribution in [-0.4, -0.2) is 13.1 Å². The van der Waals surface area contributed by atoms with Gasteiger partial charge in [-0.05, 0) is 24.6 Å². The monoisotopic (exact) mass is 226 g/mol. The van der Waals surface area contributed by atoms with Crippen molar-refractivity contribution in [1.29, 1.82) is 0 Å². The fraction of sp³-hybridized carbons (Fsp3) is 0.333. The topological polar surface area (TPSA) is 24.1 Å². The highest BCUT2D eigenvalue weighted by Crippen LogP contribution is 2.30. The molecule has 3 heteroatoms.